The number of amides is 1. The van der Waals surface area contributed by atoms with Crippen molar-refractivity contribution in [1.29, 1.82) is 5.26 Å². The van der Waals surface area contributed by atoms with Gasteiger partial charge in [0.15, 0.2) is 0 Å². The van der Waals surface area contributed by atoms with Gasteiger partial charge in [0.25, 0.3) is 5.91 Å². The van der Waals surface area contributed by atoms with Crippen LogP contribution in [0.1, 0.15) is 16.7 Å². The lowest BCUT2D eigenvalue weighted by molar-refractivity contribution is -0.114. The van der Waals surface area contributed by atoms with Gasteiger partial charge in [-0.15, -0.1) is 0 Å². The summed E-state index contributed by atoms with van der Waals surface area (Å²) in [6.45, 7) is 2.41. The molecule has 2 N–H and O–H groups in total. The average molecular weight is 371 g/mol. The molecule has 0 saturated carbocycles. The zero-order chi connectivity index (χ0) is 16.8. The zero-order valence-corrected chi connectivity index (χ0v) is 14.1. The van der Waals surface area contributed by atoms with Crippen LogP contribution < -0.4 is 10.5 Å². The molecule has 0 radical (unpaired) electrons. The lowest BCUT2D eigenvalue weighted by Crippen LogP contribution is -2.12. The number of nitrogens with two attached hydrogens (primary N) is 1. The number of benzene rings is 2. The van der Waals surface area contributed by atoms with Crippen molar-refractivity contribution in [2.24, 2.45) is 5.73 Å². The molecule has 0 aromatic heterocycles. The Bertz CT molecular complexity index is 807. The Morgan fingerprint density at radius 2 is 2.13 bits per heavy atom. The molecule has 0 aliphatic rings. The number of primary amides is 1. The van der Waals surface area contributed by atoms with E-state index in [0.717, 1.165) is 15.6 Å². The molecule has 2 aromatic rings. The van der Waals surface area contributed by atoms with E-state index < -0.39 is 5.91 Å². The normalized spacial score (nSPS) is 10.9. The molecule has 0 bridgehead atoms. The minimum Gasteiger partial charge on any atom is -0.488 e. The fourth-order valence-corrected chi connectivity index (χ4v) is 2.42. The van der Waals surface area contributed by atoms with Crippen molar-refractivity contribution in [3.8, 4) is 11.8 Å². The van der Waals surface area contributed by atoms with Gasteiger partial charge in [-0.1, -0.05) is 45.8 Å². The van der Waals surface area contributed by atoms with Crippen LogP contribution in [-0.4, -0.2) is 5.91 Å². The third-order valence-corrected chi connectivity index (χ3v) is 3.63. The molecule has 0 fully saturated rings. The maximum atomic E-state index is 11.2. The van der Waals surface area contributed by atoms with E-state index in [9.17, 15) is 4.79 Å². The number of carbonyl (C=O) groups is 1. The fourth-order valence-electron chi connectivity index (χ4n) is 2.04. The lowest BCUT2D eigenvalue weighted by Gasteiger charge is -2.10. The number of ether oxygens (including phenoxy) is 1. The summed E-state index contributed by atoms with van der Waals surface area (Å²) in [5, 5.41) is 8.98. The van der Waals surface area contributed by atoms with Gasteiger partial charge in [-0.3, -0.25) is 4.79 Å². The summed E-state index contributed by atoms with van der Waals surface area (Å²) in [5.74, 6) is -0.194. The van der Waals surface area contributed by atoms with Crippen molar-refractivity contribution in [2.45, 2.75) is 13.5 Å². The van der Waals surface area contributed by atoms with E-state index in [1.807, 2.05) is 37.3 Å². The molecule has 4 nitrogen and oxygen atoms in total. The molecule has 2 rings (SSSR count). The Kier molecular flexibility index (Phi) is 5.56. The zero-order valence-electron chi connectivity index (χ0n) is 12.5. The van der Waals surface area contributed by atoms with Crippen molar-refractivity contribution in [2.75, 3.05) is 0 Å². The molecule has 0 heterocycles. The van der Waals surface area contributed by atoms with Gasteiger partial charge in [-0.25, -0.2) is 0 Å². The van der Waals surface area contributed by atoms with Crippen molar-refractivity contribution >= 4 is 27.9 Å². The summed E-state index contributed by atoms with van der Waals surface area (Å²) in [6.07, 6.45) is 1.43. The molecule has 0 aliphatic heterocycles. The molecule has 0 saturated heterocycles. The third kappa shape index (κ3) is 4.70. The van der Waals surface area contributed by atoms with Crippen molar-refractivity contribution in [3.63, 3.8) is 0 Å². The Hall–Kier alpha value is -2.58. The molecule has 0 spiro atoms. The SMILES string of the molecule is Cc1cccc(COc2ccc(Br)cc2/C=C(\C#N)C(N)=O)c1. The van der Waals surface area contributed by atoms with Crippen LogP contribution in [0.3, 0.4) is 0 Å². The van der Waals surface area contributed by atoms with Crippen molar-refractivity contribution in [3.05, 3.63) is 69.2 Å². The highest BCUT2D eigenvalue weighted by Gasteiger charge is 2.08. The predicted molar refractivity (Wildman–Crippen MR) is 92.4 cm³/mol. The van der Waals surface area contributed by atoms with Crippen molar-refractivity contribution in [1.82, 2.24) is 0 Å². The van der Waals surface area contributed by atoms with E-state index in [-0.39, 0.29) is 5.57 Å². The first-order valence-electron chi connectivity index (χ1n) is 6.89. The van der Waals surface area contributed by atoms with E-state index in [0.29, 0.717) is 17.9 Å². The van der Waals surface area contributed by atoms with Crippen LogP contribution in [0.15, 0.2) is 52.5 Å². The average Bonchev–Trinajstić information content (AvgIpc) is 2.51. The number of nitrogens with zero attached hydrogens (tertiary/aromatic N) is 1. The van der Waals surface area contributed by atoms with Gasteiger partial charge in [0.1, 0.15) is 24.0 Å². The third-order valence-electron chi connectivity index (χ3n) is 3.13. The number of hydrogen-bond acceptors (Lipinski definition) is 3. The van der Waals surface area contributed by atoms with Gasteiger partial charge in [-0.2, -0.15) is 5.26 Å². The Balaban J connectivity index is 2.29. The molecule has 0 aliphatic carbocycles. The van der Waals surface area contributed by atoms with Crippen LogP contribution in [0.25, 0.3) is 6.08 Å². The van der Waals surface area contributed by atoms with E-state index in [1.54, 1.807) is 18.2 Å². The molecule has 0 unspecified atom stereocenters. The summed E-state index contributed by atoms with van der Waals surface area (Å²) in [5.41, 5.74) is 7.87. The Labute approximate surface area is 143 Å². The highest BCUT2D eigenvalue weighted by molar-refractivity contribution is 9.10. The first-order chi connectivity index (χ1) is 11.0. The number of hydrogen-bond donors (Lipinski definition) is 1. The minimum absolute atomic E-state index is 0.122. The predicted octanol–water partition coefficient (Wildman–Crippen LogP) is 3.73. The molecular weight excluding hydrogens is 356 g/mol. The number of rotatable bonds is 5. The first-order valence-corrected chi connectivity index (χ1v) is 7.68. The fraction of sp³-hybridized carbons (Fsp3) is 0.111. The van der Waals surface area contributed by atoms with Crippen LogP contribution in [0.5, 0.6) is 5.75 Å². The number of aryl methyl sites for hydroxylation is 1. The second-order valence-electron chi connectivity index (χ2n) is 4.99. The van der Waals surface area contributed by atoms with Crippen LogP contribution in [-0.2, 0) is 11.4 Å². The second kappa shape index (κ2) is 7.61. The topological polar surface area (TPSA) is 76.1 Å². The smallest absolute Gasteiger partial charge is 0.259 e. The van der Waals surface area contributed by atoms with Gasteiger partial charge >= 0.3 is 0 Å². The highest BCUT2D eigenvalue weighted by Crippen LogP contribution is 2.26. The van der Waals surface area contributed by atoms with E-state index >= 15 is 0 Å². The van der Waals surface area contributed by atoms with Crippen LogP contribution >= 0.6 is 15.9 Å². The van der Waals surface area contributed by atoms with Crippen LogP contribution in [0, 0.1) is 18.3 Å². The maximum absolute atomic E-state index is 11.2. The van der Waals surface area contributed by atoms with Gasteiger partial charge in [-0.05, 0) is 36.8 Å². The van der Waals surface area contributed by atoms with Gasteiger partial charge in [0.2, 0.25) is 0 Å². The number of nitriles is 1. The standard InChI is InChI=1S/C18H15BrN2O2/c1-12-3-2-4-13(7-12)11-23-17-6-5-16(19)9-14(17)8-15(10-20)18(21)22/h2-9H,11H2,1H3,(H2,21,22)/b15-8+. The molecule has 0 atom stereocenters. The summed E-state index contributed by atoms with van der Waals surface area (Å²) >= 11 is 3.37. The summed E-state index contributed by atoms with van der Waals surface area (Å²) in [7, 11) is 0. The molecule has 2 aromatic carbocycles. The maximum Gasteiger partial charge on any atom is 0.259 e. The molecule has 23 heavy (non-hydrogen) atoms. The molecule has 116 valence electrons. The first kappa shape index (κ1) is 16.8. The van der Waals surface area contributed by atoms with E-state index in [4.69, 9.17) is 15.7 Å². The number of carbonyl (C=O) groups excluding carboxylic acids is 1. The monoisotopic (exact) mass is 370 g/mol. The lowest BCUT2D eigenvalue weighted by atomic mass is 10.1. The molecule has 5 heteroatoms. The molecule has 1 amide bonds. The Morgan fingerprint density at radius 1 is 1.35 bits per heavy atom. The minimum atomic E-state index is -0.767. The highest BCUT2D eigenvalue weighted by atomic mass is 79.9. The largest absolute Gasteiger partial charge is 0.488 e. The summed E-state index contributed by atoms with van der Waals surface area (Å²) in [6, 6.07) is 15.2. The van der Waals surface area contributed by atoms with Crippen LogP contribution in [0.4, 0.5) is 0 Å². The van der Waals surface area contributed by atoms with E-state index in [1.165, 1.54) is 6.08 Å². The van der Waals surface area contributed by atoms with Crippen LogP contribution in [0.2, 0.25) is 0 Å². The summed E-state index contributed by atoms with van der Waals surface area (Å²) < 4.78 is 6.64. The second-order valence-corrected chi connectivity index (χ2v) is 5.91. The van der Waals surface area contributed by atoms with Gasteiger partial charge < -0.3 is 10.5 Å². The Morgan fingerprint density at radius 3 is 2.78 bits per heavy atom. The van der Waals surface area contributed by atoms with Gasteiger partial charge in [0.05, 0.1) is 0 Å². The van der Waals surface area contributed by atoms with Gasteiger partial charge in [0, 0.05) is 10.0 Å². The van der Waals surface area contributed by atoms with Crippen molar-refractivity contribution < 1.29 is 9.53 Å². The summed E-state index contributed by atoms with van der Waals surface area (Å²) in [4.78, 5) is 11.2. The van der Waals surface area contributed by atoms with E-state index in [2.05, 4.69) is 15.9 Å². The number of halogens is 1. The quantitative estimate of drug-likeness (QED) is 0.643. The molecular formula is C18H15BrN2O2.